The Morgan fingerprint density at radius 2 is 1.77 bits per heavy atom. The lowest BCUT2D eigenvalue weighted by Gasteiger charge is -2.01. The van der Waals surface area contributed by atoms with Crippen molar-refractivity contribution in [2.24, 2.45) is 0 Å². The number of halogens is 4. The quantitative estimate of drug-likeness (QED) is 0.564. The maximum atomic E-state index is 12.9. The molecule has 0 saturated heterocycles. The molecule has 1 aromatic rings. The summed E-state index contributed by atoms with van der Waals surface area (Å²) >= 11 is 5.23. The first-order valence-corrected chi connectivity index (χ1v) is 5.61. The molecule has 0 fully saturated rings. The zero-order chi connectivity index (χ0) is 10.2. The van der Waals surface area contributed by atoms with Gasteiger partial charge in [-0.2, -0.15) is 0 Å². The van der Waals surface area contributed by atoms with E-state index in [1.165, 1.54) is 0 Å². The molecule has 0 aliphatic rings. The van der Waals surface area contributed by atoms with Crippen LogP contribution < -0.4 is 0 Å². The van der Waals surface area contributed by atoms with Crippen LogP contribution >= 0.6 is 22.3 Å². The van der Waals surface area contributed by atoms with E-state index in [1.807, 2.05) is 0 Å². The van der Waals surface area contributed by atoms with Crippen LogP contribution in [0, 0.1) is 11.6 Å². The summed E-state index contributed by atoms with van der Waals surface area (Å²) in [7, 11) is 0.326. The van der Waals surface area contributed by atoms with Crippen molar-refractivity contribution in [3.8, 4) is 0 Å². The maximum absolute atomic E-state index is 12.9. The van der Waals surface area contributed by atoms with Crippen molar-refractivity contribution in [1.82, 2.24) is 0 Å². The van der Waals surface area contributed by atoms with Gasteiger partial charge in [0.2, 0.25) is 0 Å². The fourth-order valence-electron chi connectivity index (χ4n) is 0.732. The highest BCUT2D eigenvalue weighted by Gasteiger charge is 2.23. The van der Waals surface area contributed by atoms with Gasteiger partial charge in [-0.3, -0.25) is 0 Å². The van der Waals surface area contributed by atoms with Crippen molar-refractivity contribution in [3.63, 3.8) is 0 Å². The lowest BCUT2D eigenvalue weighted by Crippen LogP contribution is -2.00. The molecule has 2 nitrogen and oxygen atoms in total. The summed E-state index contributed by atoms with van der Waals surface area (Å²) in [5.74, 6) is -2.64. The van der Waals surface area contributed by atoms with Gasteiger partial charge >= 0.3 is 0 Å². The highest BCUT2D eigenvalue weighted by Crippen LogP contribution is 2.27. The predicted molar refractivity (Wildman–Crippen MR) is 44.4 cm³/mol. The molecule has 0 heterocycles. The van der Waals surface area contributed by atoms with E-state index in [9.17, 15) is 17.2 Å². The molecule has 0 spiro atoms. The van der Waals surface area contributed by atoms with Crippen LogP contribution in [0.4, 0.5) is 8.78 Å². The standard InChI is InChI=1S/C6H2Cl2F2O2S/c7-3-1-2-4(9)6(5(3)10)13(8,11)12/h1-2H. The molecule has 0 N–H and O–H groups in total. The zero-order valence-corrected chi connectivity index (χ0v) is 8.22. The van der Waals surface area contributed by atoms with Gasteiger partial charge in [-0.25, -0.2) is 17.2 Å². The second-order valence-electron chi connectivity index (χ2n) is 2.11. The summed E-state index contributed by atoms with van der Waals surface area (Å²) in [5, 5.41) is -0.499. The molecule has 1 aromatic carbocycles. The van der Waals surface area contributed by atoms with Gasteiger partial charge < -0.3 is 0 Å². The van der Waals surface area contributed by atoms with Crippen molar-refractivity contribution in [2.75, 3.05) is 0 Å². The van der Waals surface area contributed by atoms with Gasteiger partial charge in [0, 0.05) is 10.7 Å². The highest BCUT2D eigenvalue weighted by atomic mass is 35.7. The van der Waals surface area contributed by atoms with Crippen LogP contribution in [-0.4, -0.2) is 8.42 Å². The van der Waals surface area contributed by atoms with E-state index >= 15 is 0 Å². The van der Waals surface area contributed by atoms with E-state index < -0.39 is 30.6 Å². The van der Waals surface area contributed by atoms with Crippen molar-refractivity contribution in [2.45, 2.75) is 4.90 Å². The van der Waals surface area contributed by atoms with Crippen LogP contribution in [0.25, 0.3) is 0 Å². The second-order valence-corrected chi connectivity index (χ2v) is 5.02. The fraction of sp³-hybridized carbons (Fsp3) is 0. The first kappa shape index (κ1) is 10.7. The summed E-state index contributed by atoms with van der Waals surface area (Å²) in [4.78, 5) is -1.22. The highest BCUT2D eigenvalue weighted by molar-refractivity contribution is 8.13. The molecule has 0 saturated carbocycles. The molecule has 1 rings (SSSR count). The monoisotopic (exact) mass is 246 g/mol. The van der Waals surface area contributed by atoms with Crippen LogP contribution in [-0.2, 0) is 9.05 Å². The van der Waals surface area contributed by atoms with Crippen molar-refractivity contribution in [3.05, 3.63) is 28.8 Å². The molecule has 0 aliphatic heterocycles. The van der Waals surface area contributed by atoms with Crippen LogP contribution in [0.5, 0.6) is 0 Å². The first-order valence-electron chi connectivity index (χ1n) is 2.92. The maximum Gasteiger partial charge on any atom is 0.267 e. The van der Waals surface area contributed by atoms with Crippen molar-refractivity contribution >= 4 is 31.3 Å². The Hall–Kier alpha value is -0.390. The van der Waals surface area contributed by atoms with Gasteiger partial charge in [-0.1, -0.05) is 11.6 Å². The van der Waals surface area contributed by atoms with E-state index in [2.05, 4.69) is 0 Å². The summed E-state index contributed by atoms with van der Waals surface area (Å²) < 4.78 is 47.0. The van der Waals surface area contributed by atoms with Crippen molar-refractivity contribution < 1.29 is 17.2 Å². The summed E-state index contributed by atoms with van der Waals surface area (Å²) in [6.45, 7) is 0. The Kier molecular flexibility index (Phi) is 2.79. The van der Waals surface area contributed by atoms with Gasteiger partial charge in [0.15, 0.2) is 10.7 Å². The largest absolute Gasteiger partial charge is 0.267 e. The van der Waals surface area contributed by atoms with E-state index in [-0.39, 0.29) is 0 Å². The van der Waals surface area contributed by atoms with E-state index in [1.54, 1.807) is 0 Å². The SMILES string of the molecule is O=S(=O)(Cl)c1c(F)ccc(Cl)c1F. The minimum absolute atomic E-state index is 0.499. The van der Waals surface area contributed by atoms with Crippen LogP contribution in [0.1, 0.15) is 0 Å². The molecule has 0 aliphatic carbocycles. The lowest BCUT2D eigenvalue weighted by atomic mass is 10.3. The zero-order valence-electron chi connectivity index (χ0n) is 5.89. The van der Waals surface area contributed by atoms with Gasteiger partial charge in [0.25, 0.3) is 9.05 Å². The normalized spacial score (nSPS) is 11.7. The molecule has 7 heteroatoms. The average molecular weight is 247 g/mol. The Balaban J connectivity index is 3.62. The number of hydrogen-bond donors (Lipinski definition) is 0. The molecular weight excluding hydrogens is 245 g/mol. The number of rotatable bonds is 1. The Morgan fingerprint density at radius 3 is 2.15 bits per heavy atom. The third-order valence-corrected chi connectivity index (χ3v) is 2.86. The third kappa shape index (κ3) is 2.10. The van der Waals surface area contributed by atoms with Gasteiger partial charge in [0.05, 0.1) is 5.02 Å². The molecule has 0 bridgehead atoms. The summed E-state index contributed by atoms with van der Waals surface area (Å²) in [5.41, 5.74) is 0. The average Bonchev–Trinajstić information content (AvgIpc) is 1.95. The summed E-state index contributed by atoms with van der Waals surface area (Å²) in [6.07, 6.45) is 0. The first-order chi connectivity index (χ1) is 5.84. The minimum Gasteiger partial charge on any atom is -0.207 e. The smallest absolute Gasteiger partial charge is 0.207 e. The molecule has 0 amide bonds. The minimum atomic E-state index is -4.45. The van der Waals surface area contributed by atoms with Crippen molar-refractivity contribution in [1.29, 1.82) is 0 Å². The number of benzene rings is 1. The van der Waals surface area contributed by atoms with E-state index in [0.29, 0.717) is 0 Å². The number of hydrogen-bond acceptors (Lipinski definition) is 2. The lowest BCUT2D eigenvalue weighted by molar-refractivity contribution is 0.524. The Morgan fingerprint density at radius 1 is 1.23 bits per heavy atom. The fourth-order valence-corrected chi connectivity index (χ4v) is 1.99. The summed E-state index contributed by atoms with van der Waals surface area (Å²) in [6, 6.07) is 1.62. The van der Waals surface area contributed by atoms with Gasteiger partial charge in [-0.15, -0.1) is 0 Å². The molecule has 0 atom stereocenters. The molecule has 0 aromatic heterocycles. The topological polar surface area (TPSA) is 34.1 Å². The Bertz CT molecular complexity index is 444. The Labute approximate surface area is 82.5 Å². The molecule has 0 radical (unpaired) electrons. The van der Waals surface area contributed by atoms with E-state index in [4.69, 9.17) is 22.3 Å². The van der Waals surface area contributed by atoms with Crippen LogP contribution in [0.2, 0.25) is 5.02 Å². The molecular formula is C6H2Cl2F2O2S. The van der Waals surface area contributed by atoms with Crippen LogP contribution in [0.3, 0.4) is 0 Å². The second kappa shape index (κ2) is 3.40. The van der Waals surface area contributed by atoms with Gasteiger partial charge in [0.1, 0.15) is 5.82 Å². The van der Waals surface area contributed by atoms with Crippen LogP contribution in [0.15, 0.2) is 17.0 Å². The third-order valence-electron chi connectivity index (χ3n) is 1.25. The molecule has 13 heavy (non-hydrogen) atoms. The molecule has 0 unspecified atom stereocenters. The van der Waals surface area contributed by atoms with Gasteiger partial charge in [-0.05, 0) is 12.1 Å². The molecule has 72 valence electrons. The van der Waals surface area contributed by atoms with E-state index in [0.717, 1.165) is 12.1 Å². The predicted octanol–water partition coefficient (Wildman–Crippen LogP) is 2.55.